The number of benzene rings is 1. The highest BCUT2D eigenvalue weighted by molar-refractivity contribution is 6.31. The maximum Gasteiger partial charge on any atom is 0.257 e. The first kappa shape index (κ1) is 9.93. The van der Waals surface area contributed by atoms with Crippen LogP contribution in [0.4, 0.5) is 0 Å². The molecule has 15 heavy (non-hydrogen) atoms. The van der Waals surface area contributed by atoms with Gasteiger partial charge in [-0.2, -0.15) is 0 Å². The van der Waals surface area contributed by atoms with Gasteiger partial charge in [0, 0.05) is 23.4 Å². The third-order valence-corrected chi connectivity index (χ3v) is 2.41. The minimum absolute atomic E-state index is 0.298. The minimum Gasteiger partial charge on any atom is -0.274 e. The van der Waals surface area contributed by atoms with Crippen LogP contribution in [0.5, 0.6) is 0 Å². The van der Waals surface area contributed by atoms with Crippen LogP contribution in [0, 0.1) is 0 Å². The Hall–Kier alpha value is -1.61. The Bertz CT molecular complexity index is 601. The number of fused-ring (bicyclic) bond motifs is 1. The van der Waals surface area contributed by atoms with Crippen molar-refractivity contribution in [3.8, 4) is 0 Å². The quantitative estimate of drug-likeness (QED) is 0.685. The summed E-state index contributed by atoms with van der Waals surface area (Å²) < 4.78 is 1.13. The number of pyridine rings is 1. The molecule has 1 heterocycles. The summed E-state index contributed by atoms with van der Waals surface area (Å²) in [6.45, 7) is 1.36. The van der Waals surface area contributed by atoms with Crippen LogP contribution in [0.15, 0.2) is 35.1 Å². The number of halogens is 1. The first-order valence-electron chi connectivity index (χ1n) is 4.42. The molecule has 0 unspecified atom stereocenters. The molecular formula is C11H8ClNO2. The van der Waals surface area contributed by atoms with Crippen LogP contribution >= 0.6 is 11.6 Å². The minimum atomic E-state index is -0.322. The van der Waals surface area contributed by atoms with Gasteiger partial charge in [0.05, 0.1) is 5.52 Å². The number of carbonyl (C=O) groups is 1. The van der Waals surface area contributed by atoms with Gasteiger partial charge < -0.3 is 0 Å². The molecule has 0 atom stereocenters. The van der Waals surface area contributed by atoms with Crippen molar-refractivity contribution < 1.29 is 4.79 Å². The molecule has 0 bridgehead atoms. The SMILES string of the molecule is CC(=O)n1c(=O)ccc2cc(Cl)ccc21. The van der Waals surface area contributed by atoms with Crippen LogP contribution < -0.4 is 5.56 Å². The van der Waals surface area contributed by atoms with Crippen molar-refractivity contribution in [2.75, 3.05) is 0 Å². The van der Waals surface area contributed by atoms with Crippen molar-refractivity contribution in [2.24, 2.45) is 0 Å². The Kier molecular flexibility index (Phi) is 2.32. The zero-order valence-corrected chi connectivity index (χ0v) is 8.78. The highest BCUT2D eigenvalue weighted by Gasteiger charge is 2.06. The lowest BCUT2D eigenvalue weighted by molar-refractivity contribution is 0.0938. The third kappa shape index (κ3) is 1.66. The molecule has 1 aromatic heterocycles. The average Bonchev–Trinajstić information content (AvgIpc) is 2.17. The first-order chi connectivity index (χ1) is 7.09. The molecule has 0 radical (unpaired) electrons. The van der Waals surface area contributed by atoms with E-state index >= 15 is 0 Å². The molecule has 0 aliphatic heterocycles. The fraction of sp³-hybridized carbons (Fsp3) is 0.0909. The van der Waals surface area contributed by atoms with E-state index < -0.39 is 0 Å². The second-order valence-electron chi connectivity index (χ2n) is 3.23. The second kappa shape index (κ2) is 3.51. The van der Waals surface area contributed by atoms with E-state index in [2.05, 4.69) is 0 Å². The van der Waals surface area contributed by atoms with E-state index in [0.717, 1.165) is 9.95 Å². The van der Waals surface area contributed by atoms with Gasteiger partial charge in [-0.1, -0.05) is 11.6 Å². The van der Waals surface area contributed by atoms with E-state index in [9.17, 15) is 9.59 Å². The second-order valence-corrected chi connectivity index (χ2v) is 3.67. The molecule has 2 rings (SSSR count). The molecule has 0 aliphatic carbocycles. The topological polar surface area (TPSA) is 39.1 Å². The third-order valence-electron chi connectivity index (χ3n) is 2.17. The fourth-order valence-corrected chi connectivity index (χ4v) is 1.72. The Morgan fingerprint density at radius 3 is 2.67 bits per heavy atom. The Balaban J connectivity index is 2.94. The van der Waals surface area contributed by atoms with Gasteiger partial charge in [-0.25, -0.2) is 4.57 Å². The van der Waals surface area contributed by atoms with Crippen molar-refractivity contribution in [3.63, 3.8) is 0 Å². The maximum atomic E-state index is 11.5. The van der Waals surface area contributed by atoms with Crippen LogP contribution in [0.1, 0.15) is 11.7 Å². The summed E-state index contributed by atoms with van der Waals surface area (Å²) in [4.78, 5) is 22.8. The summed E-state index contributed by atoms with van der Waals surface area (Å²) >= 11 is 5.82. The number of hydrogen-bond donors (Lipinski definition) is 0. The van der Waals surface area contributed by atoms with E-state index in [0.29, 0.717) is 10.5 Å². The highest BCUT2D eigenvalue weighted by Crippen LogP contribution is 2.17. The van der Waals surface area contributed by atoms with Crippen molar-refractivity contribution >= 4 is 28.4 Å². The zero-order chi connectivity index (χ0) is 11.0. The lowest BCUT2D eigenvalue weighted by Crippen LogP contribution is -2.23. The molecule has 2 aromatic rings. The van der Waals surface area contributed by atoms with Gasteiger partial charge in [0.25, 0.3) is 5.56 Å². The summed E-state index contributed by atoms with van der Waals surface area (Å²) in [6.07, 6.45) is 0. The van der Waals surface area contributed by atoms with Gasteiger partial charge in [0.1, 0.15) is 0 Å². The maximum absolute atomic E-state index is 11.5. The standard InChI is InChI=1S/C11H8ClNO2/c1-7(14)13-10-4-3-9(12)6-8(10)2-5-11(13)15/h2-6H,1H3. The highest BCUT2D eigenvalue weighted by atomic mass is 35.5. The van der Waals surface area contributed by atoms with E-state index in [1.807, 2.05) is 0 Å². The zero-order valence-electron chi connectivity index (χ0n) is 8.03. The summed E-state index contributed by atoms with van der Waals surface area (Å²) in [7, 11) is 0. The molecule has 0 saturated heterocycles. The van der Waals surface area contributed by atoms with Gasteiger partial charge in [0.15, 0.2) is 0 Å². The van der Waals surface area contributed by atoms with Crippen molar-refractivity contribution in [3.05, 3.63) is 45.7 Å². The first-order valence-corrected chi connectivity index (χ1v) is 4.79. The Morgan fingerprint density at radius 2 is 2.00 bits per heavy atom. The number of hydrogen-bond acceptors (Lipinski definition) is 2. The molecule has 0 N–H and O–H groups in total. The Morgan fingerprint density at radius 1 is 1.27 bits per heavy atom. The molecular weight excluding hydrogens is 214 g/mol. The normalized spacial score (nSPS) is 10.5. The lowest BCUT2D eigenvalue weighted by Gasteiger charge is -2.05. The number of aromatic nitrogens is 1. The molecule has 4 heteroatoms. The van der Waals surface area contributed by atoms with Crippen LogP contribution in [0.25, 0.3) is 10.9 Å². The van der Waals surface area contributed by atoms with Crippen LogP contribution in [0.2, 0.25) is 5.02 Å². The van der Waals surface area contributed by atoms with Crippen LogP contribution in [-0.4, -0.2) is 10.5 Å². The van der Waals surface area contributed by atoms with Crippen molar-refractivity contribution in [1.82, 2.24) is 4.57 Å². The number of rotatable bonds is 0. The molecule has 3 nitrogen and oxygen atoms in total. The molecule has 0 amide bonds. The van der Waals surface area contributed by atoms with Gasteiger partial charge >= 0.3 is 0 Å². The summed E-state index contributed by atoms with van der Waals surface area (Å²) in [5.74, 6) is -0.298. The smallest absolute Gasteiger partial charge is 0.257 e. The predicted octanol–water partition coefficient (Wildman–Crippen LogP) is 2.32. The van der Waals surface area contributed by atoms with Gasteiger partial charge in [-0.05, 0) is 24.3 Å². The molecule has 0 spiro atoms. The van der Waals surface area contributed by atoms with Crippen molar-refractivity contribution in [1.29, 1.82) is 0 Å². The molecule has 0 aliphatic rings. The van der Waals surface area contributed by atoms with E-state index in [-0.39, 0.29) is 11.5 Å². The summed E-state index contributed by atoms with van der Waals surface area (Å²) in [6, 6.07) is 8.06. The lowest BCUT2D eigenvalue weighted by atomic mass is 10.2. The van der Waals surface area contributed by atoms with Gasteiger partial charge in [-0.3, -0.25) is 9.59 Å². The van der Waals surface area contributed by atoms with E-state index in [1.54, 1.807) is 24.3 Å². The van der Waals surface area contributed by atoms with Crippen LogP contribution in [-0.2, 0) is 0 Å². The molecule has 0 saturated carbocycles. The van der Waals surface area contributed by atoms with Gasteiger partial charge in [-0.15, -0.1) is 0 Å². The van der Waals surface area contributed by atoms with Gasteiger partial charge in [0.2, 0.25) is 5.91 Å². The Labute approximate surface area is 90.9 Å². The predicted molar refractivity (Wildman–Crippen MR) is 59.5 cm³/mol. The summed E-state index contributed by atoms with van der Waals surface area (Å²) in [5.41, 5.74) is 0.261. The molecule has 0 fully saturated rings. The van der Waals surface area contributed by atoms with E-state index in [1.165, 1.54) is 13.0 Å². The fourth-order valence-electron chi connectivity index (χ4n) is 1.54. The number of carbonyl (C=O) groups excluding carboxylic acids is 1. The summed E-state index contributed by atoms with van der Waals surface area (Å²) in [5, 5.41) is 1.36. The van der Waals surface area contributed by atoms with Crippen LogP contribution in [0.3, 0.4) is 0 Å². The molecule has 1 aromatic carbocycles. The molecule has 76 valence electrons. The van der Waals surface area contributed by atoms with E-state index in [4.69, 9.17) is 11.6 Å². The monoisotopic (exact) mass is 221 g/mol. The largest absolute Gasteiger partial charge is 0.274 e. The van der Waals surface area contributed by atoms with Crippen molar-refractivity contribution in [2.45, 2.75) is 6.92 Å². The number of nitrogens with zero attached hydrogens (tertiary/aromatic N) is 1. The average molecular weight is 222 g/mol.